The van der Waals surface area contributed by atoms with Gasteiger partial charge in [-0.25, -0.2) is 4.79 Å². The lowest BCUT2D eigenvalue weighted by atomic mass is 10.1. The number of carbonyl (C=O) groups excluding carboxylic acids is 1. The van der Waals surface area contributed by atoms with E-state index < -0.39 is 6.09 Å². The van der Waals surface area contributed by atoms with E-state index in [1.807, 2.05) is 24.3 Å². The number of amides is 1. The van der Waals surface area contributed by atoms with Gasteiger partial charge in [0.1, 0.15) is 6.61 Å². The van der Waals surface area contributed by atoms with Crippen molar-refractivity contribution < 1.29 is 14.3 Å². The molecule has 0 spiro atoms. The molecular weight excluding hydrogens is 220 g/mol. The van der Waals surface area contributed by atoms with E-state index in [0.29, 0.717) is 19.7 Å². The number of rotatable bonds is 7. The summed E-state index contributed by atoms with van der Waals surface area (Å²) in [6.45, 7) is 2.16. The summed E-state index contributed by atoms with van der Waals surface area (Å²) in [7, 11) is 1.67. The highest BCUT2D eigenvalue weighted by Gasteiger charge is 2.00. The number of hydrogen-bond acceptors (Lipinski definition) is 4. The summed E-state index contributed by atoms with van der Waals surface area (Å²) in [6, 6.07) is 8.03. The van der Waals surface area contributed by atoms with Crippen LogP contribution in [-0.4, -0.2) is 26.4 Å². The second kappa shape index (κ2) is 7.65. The molecule has 0 heterocycles. The third-order valence-electron chi connectivity index (χ3n) is 2.26. The van der Waals surface area contributed by atoms with Gasteiger partial charge in [-0.05, 0) is 11.1 Å². The van der Waals surface area contributed by atoms with Gasteiger partial charge in [-0.1, -0.05) is 24.3 Å². The van der Waals surface area contributed by atoms with Crippen molar-refractivity contribution in [2.45, 2.75) is 13.2 Å². The molecule has 0 aliphatic heterocycles. The van der Waals surface area contributed by atoms with Crippen LogP contribution in [0.3, 0.4) is 0 Å². The van der Waals surface area contributed by atoms with Gasteiger partial charge in [0, 0.05) is 20.2 Å². The van der Waals surface area contributed by atoms with Gasteiger partial charge in [-0.15, -0.1) is 0 Å². The highest BCUT2D eigenvalue weighted by atomic mass is 16.5. The molecule has 0 saturated heterocycles. The highest BCUT2D eigenvalue weighted by molar-refractivity contribution is 5.64. The summed E-state index contributed by atoms with van der Waals surface area (Å²) < 4.78 is 9.72. The van der Waals surface area contributed by atoms with Gasteiger partial charge in [-0.2, -0.15) is 0 Å². The van der Waals surface area contributed by atoms with Crippen LogP contribution in [0.4, 0.5) is 4.79 Å². The summed E-state index contributed by atoms with van der Waals surface area (Å²) in [5.41, 5.74) is 7.17. The Morgan fingerprint density at radius 2 is 2.06 bits per heavy atom. The second-order valence-electron chi connectivity index (χ2n) is 3.55. The molecule has 0 aliphatic carbocycles. The van der Waals surface area contributed by atoms with E-state index in [2.05, 4.69) is 10.1 Å². The smallest absolute Gasteiger partial charge is 0.404 e. The van der Waals surface area contributed by atoms with E-state index in [0.717, 1.165) is 5.56 Å². The van der Waals surface area contributed by atoms with E-state index in [1.165, 1.54) is 5.56 Å². The van der Waals surface area contributed by atoms with Crippen LogP contribution in [0.5, 0.6) is 0 Å². The quantitative estimate of drug-likeness (QED) is 0.695. The Morgan fingerprint density at radius 1 is 1.35 bits per heavy atom. The van der Waals surface area contributed by atoms with Crippen LogP contribution in [0.15, 0.2) is 24.3 Å². The molecule has 17 heavy (non-hydrogen) atoms. The average molecular weight is 238 g/mol. The Hall–Kier alpha value is -1.59. The molecule has 1 amide bonds. The van der Waals surface area contributed by atoms with Crippen molar-refractivity contribution in [2.75, 3.05) is 20.3 Å². The Morgan fingerprint density at radius 3 is 2.71 bits per heavy atom. The van der Waals surface area contributed by atoms with Crippen molar-refractivity contribution in [1.29, 1.82) is 0 Å². The van der Waals surface area contributed by atoms with Crippen molar-refractivity contribution in [2.24, 2.45) is 5.73 Å². The van der Waals surface area contributed by atoms with Crippen LogP contribution >= 0.6 is 0 Å². The lowest BCUT2D eigenvalue weighted by Crippen LogP contribution is -2.23. The van der Waals surface area contributed by atoms with Crippen LogP contribution in [-0.2, 0) is 22.6 Å². The second-order valence-corrected chi connectivity index (χ2v) is 3.55. The first kappa shape index (κ1) is 13.5. The number of primary amides is 1. The van der Waals surface area contributed by atoms with E-state index in [9.17, 15) is 4.79 Å². The fourth-order valence-electron chi connectivity index (χ4n) is 1.47. The van der Waals surface area contributed by atoms with Gasteiger partial charge in [0.15, 0.2) is 0 Å². The summed E-state index contributed by atoms with van der Waals surface area (Å²) in [4.78, 5) is 10.3. The largest absolute Gasteiger partial charge is 0.448 e. The predicted octanol–water partition coefficient (Wildman–Crippen LogP) is 1.02. The minimum absolute atomic E-state index is 0.280. The first-order valence-corrected chi connectivity index (χ1v) is 5.42. The van der Waals surface area contributed by atoms with Crippen LogP contribution in [0, 0.1) is 0 Å². The molecule has 0 aromatic heterocycles. The molecule has 1 rings (SSSR count). The molecule has 5 heteroatoms. The molecule has 0 saturated carbocycles. The van der Waals surface area contributed by atoms with Crippen LogP contribution < -0.4 is 11.1 Å². The molecule has 94 valence electrons. The van der Waals surface area contributed by atoms with Gasteiger partial charge in [0.05, 0.1) is 6.61 Å². The number of nitrogens with two attached hydrogens (primary N) is 1. The molecular formula is C12H18N2O3. The monoisotopic (exact) mass is 238 g/mol. The van der Waals surface area contributed by atoms with Crippen molar-refractivity contribution in [1.82, 2.24) is 5.32 Å². The van der Waals surface area contributed by atoms with Gasteiger partial charge in [-0.3, -0.25) is 0 Å². The summed E-state index contributed by atoms with van der Waals surface area (Å²) in [5.74, 6) is 0. The summed E-state index contributed by atoms with van der Waals surface area (Å²) in [5, 5.41) is 3.17. The number of hydrogen-bond donors (Lipinski definition) is 2. The van der Waals surface area contributed by atoms with E-state index in [4.69, 9.17) is 10.5 Å². The van der Waals surface area contributed by atoms with Crippen molar-refractivity contribution in [3.8, 4) is 0 Å². The normalized spacial score (nSPS) is 10.2. The fourth-order valence-corrected chi connectivity index (χ4v) is 1.47. The Balaban J connectivity index is 2.33. The maximum atomic E-state index is 10.3. The molecule has 0 atom stereocenters. The van der Waals surface area contributed by atoms with E-state index in [-0.39, 0.29) is 6.61 Å². The molecule has 0 unspecified atom stereocenters. The van der Waals surface area contributed by atoms with Crippen molar-refractivity contribution >= 4 is 6.09 Å². The van der Waals surface area contributed by atoms with Crippen molar-refractivity contribution in [3.63, 3.8) is 0 Å². The standard InChI is InChI=1S/C12H18N2O3/c1-16-9-11-5-3-2-4-10(11)8-14-6-7-17-12(13)15/h2-5,14H,6-9H2,1H3,(H2,13,15). The molecule has 0 fully saturated rings. The summed E-state index contributed by atoms with van der Waals surface area (Å²) >= 11 is 0. The molecule has 0 aliphatic rings. The van der Waals surface area contributed by atoms with Gasteiger partial charge in [0.2, 0.25) is 0 Å². The van der Waals surface area contributed by atoms with Crippen molar-refractivity contribution in [3.05, 3.63) is 35.4 Å². The molecule has 1 aromatic rings. The lowest BCUT2D eigenvalue weighted by molar-refractivity contribution is 0.157. The number of carbonyl (C=O) groups is 1. The minimum Gasteiger partial charge on any atom is -0.448 e. The Kier molecular flexibility index (Phi) is 6.06. The zero-order valence-corrected chi connectivity index (χ0v) is 9.94. The van der Waals surface area contributed by atoms with E-state index in [1.54, 1.807) is 7.11 Å². The number of methoxy groups -OCH3 is 1. The van der Waals surface area contributed by atoms with E-state index >= 15 is 0 Å². The van der Waals surface area contributed by atoms with Crippen LogP contribution in [0.25, 0.3) is 0 Å². The van der Waals surface area contributed by atoms with Crippen LogP contribution in [0.2, 0.25) is 0 Å². The molecule has 1 aromatic carbocycles. The first-order chi connectivity index (χ1) is 8.24. The number of benzene rings is 1. The van der Waals surface area contributed by atoms with Crippen LogP contribution in [0.1, 0.15) is 11.1 Å². The molecule has 5 nitrogen and oxygen atoms in total. The Labute approximate surface area is 101 Å². The zero-order valence-electron chi connectivity index (χ0n) is 9.94. The topological polar surface area (TPSA) is 73.6 Å². The lowest BCUT2D eigenvalue weighted by Gasteiger charge is -2.09. The van der Waals surface area contributed by atoms with Gasteiger partial charge >= 0.3 is 6.09 Å². The Bertz CT molecular complexity index is 355. The fraction of sp³-hybridized carbons (Fsp3) is 0.417. The summed E-state index contributed by atoms with van der Waals surface area (Å²) in [6.07, 6.45) is -0.744. The minimum atomic E-state index is -0.744. The third kappa shape index (κ3) is 5.33. The maximum absolute atomic E-state index is 10.3. The zero-order chi connectivity index (χ0) is 12.5. The molecule has 3 N–H and O–H groups in total. The highest BCUT2D eigenvalue weighted by Crippen LogP contribution is 2.09. The predicted molar refractivity (Wildman–Crippen MR) is 64.4 cm³/mol. The third-order valence-corrected chi connectivity index (χ3v) is 2.26. The number of ether oxygens (including phenoxy) is 2. The van der Waals surface area contributed by atoms with Gasteiger partial charge < -0.3 is 20.5 Å². The molecule has 0 radical (unpaired) electrons. The first-order valence-electron chi connectivity index (χ1n) is 5.42. The maximum Gasteiger partial charge on any atom is 0.404 e. The SMILES string of the molecule is COCc1ccccc1CNCCOC(N)=O. The molecule has 0 bridgehead atoms. The average Bonchev–Trinajstić information content (AvgIpc) is 2.31. The number of nitrogens with one attached hydrogen (secondary N) is 1. The van der Waals surface area contributed by atoms with Gasteiger partial charge in [0.25, 0.3) is 0 Å².